The lowest BCUT2D eigenvalue weighted by Gasteiger charge is -2.06. The van der Waals surface area contributed by atoms with Crippen molar-refractivity contribution in [2.45, 2.75) is 20.0 Å². The normalized spacial score (nSPS) is 11.9. The topological polar surface area (TPSA) is 76.0 Å². The molecule has 16 heavy (non-hydrogen) atoms. The molecule has 1 aromatic rings. The molecule has 0 aliphatic heterocycles. The van der Waals surface area contributed by atoms with Gasteiger partial charge in [-0.2, -0.15) is 5.10 Å². The van der Waals surface area contributed by atoms with Gasteiger partial charge < -0.3 is 5.32 Å². The van der Waals surface area contributed by atoms with Crippen molar-refractivity contribution in [3.8, 4) is 0 Å². The van der Waals surface area contributed by atoms with E-state index in [1.165, 1.54) is 0 Å². The number of rotatable bonds is 7. The van der Waals surface area contributed by atoms with E-state index in [1.807, 2.05) is 17.7 Å². The van der Waals surface area contributed by atoms with Crippen LogP contribution in [0.2, 0.25) is 0 Å². The van der Waals surface area contributed by atoms with Gasteiger partial charge in [0.15, 0.2) is 0 Å². The molecule has 7 heteroatoms. The van der Waals surface area contributed by atoms with Gasteiger partial charge in [0.25, 0.3) is 0 Å². The standard InChI is InChI=1S/C9H18N4O2S/c1-3-13-9(4-5-11-13)8-10-6-7-12-16(2,14)15/h4-5,10,12H,3,6-8H2,1-2H3. The lowest BCUT2D eigenvalue weighted by Crippen LogP contribution is -2.31. The summed E-state index contributed by atoms with van der Waals surface area (Å²) in [4.78, 5) is 0. The molecule has 0 spiro atoms. The molecule has 1 rings (SSSR count). The average Bonchev–Trinajstić information content (AvgIpc) is 2.63. The van der Waals surface area contributed by atoms with Crippen LogP contribution >= 0.6 is 0 Å². The molecule has 1 aromatic heterocycles. The molecule has 0 saturated carbocycles. The zero-order chi connectivity index (χ0) is 12.0. The highest BCUT2D eigenvalue weighted by molar-refractivity contribution is 7.88. The predicted molar refractivity (Wildman–Crippen MR) is 62.5 cm³/mol. The Bertz CT molecular complexity index is 413. The van der Waals surface area contributed by atoms with E-state index in [2.05, 4.69) is 15.1 Å². The van der Waals surface area contributed by atoms with Crippen LogP contribution in [0.4, 0.5) is 0 Å². The number of aromatic nitrogens is 2. The molecule has 0 atom stereocenters. The second kappa shape index (κ2) is 5.97. The Hall–Kier alpha value is -0.920. The van der Waals surface area contributed by atoms with E-state index in [4.69, 9.17) is 0 Å². The molecule has 0 bridgehead atoms. The van der Waals surface area contributed by atoms with Gasteiger partial charge in [-0.05, 0) is 13.0 Å². The largest absolute Gasteiger partial charge is 0.310 e. The Balaban J connectivity index is 2.21. The molecule has 0 unspecified atom stereocenters. The van der Waals surface area contributed by atoms with E-state index >= 15 is 0 Å². The first-order valence-electron chi connectivity index (χ1n) is 5.19. The average molecular weight is 246 g/mol. The van der Waals surface area contributed by atoms with Gasteiger partial charge in [-0.25, -0.2) is 13.1 Å². The summed E-state index contributed by atoms with van der Waals surface area (Å²) in [6.07, 6.45) is 2.91. The Labute approximate surface area is 96.1 Å². The third kappa shape index (κ3) is 4.73. The summed E-state index contributed by atoms with van der Waals surface area (Å²) in [6, 6.07) is 1.94. The molecule has 6 nitrogen and oxygen atoms in total. The molecular formula is C9H18N4O2S. The van der Waals surface area contributed by atoms with Crippen LogP contribution in [0.1, 0.15) is 12.6 Å². The predicted octanol–water partition coefficient (Wildman–Crippen LogP) is -0.458. The number of nitrogens with zero attached hydrogens (tertiary/aromatic N) is 2. The molecule has 0 radical (unpaired) electrons. The van der Waals surface area contributed by atoms with Crippen molar-refractivity contribution in [3.63, 3.8) is 0 Å². The third-order valence-electron chi connectivity index (χ3n) is 2.08. The minimum Gasteiger partial charge on any atom is -0.310 e. The van der Waals surface area contributed by atoms with Crippen molar-refractivity contribution < 1.29 is 8.42 Å². The molecule has 0 amide bonds. The third-order valence-corrected chi connectivity index (χ3v) is 2.80. The van der Waals surface area contributed by atoms with Crippen molar-refractivity contribution in [1.29, 1.82) is 0 Å². The first-order chi connectivity index (χ1) is 7.53. The molecule has 0 fully saturated rings. The molecule has 1 heterocycles. The lowest BCUT2D eigenvalue weighted by molar-refractivity contribution is 0.567. The van der Waals surface area contributed by atoms with Crippen LogP contribution < -0.4 is 10.0 Å². The zero-order valence-electron chi connectivity index (χ0n) is 9.60. The number of hydrogen-bond acceptors (Lipinski definition) is 4. The van der Waals surface area contributed by atoms with Crippen molar-refractivity contribution in [3.05, 3.63) is 18.0 Å². The van der Waals surface area contributed by atoms with E-state index in [-0.39, 0.29) is 0 Å². The summed E-state index contributed by atoms with van der Waals surface area (Å²) in [5.41, 5.74) is 1.10. The van der Waals surface area contributed by atoms with Crippen molar-refractivity contribution >= 4 is 10.0 Å². The fourth-order valence-electron chi connectivity index (χ4n) is 1.34. The van der Waals surface area contributed by atoms with Gasteiger partial charge in [0.2, 0.25) is 10.0 Å². The maximum atomic E-state index is 10.8. The van der Waals surface area contributed by atoms with Gasteiger partial charge in [0.05, 0.1) is 11.9 Å². The van der Waals surface area contributed by atoms with Gasteiger partial charge in [-0.15, -0.1) is 0 Å². The van der Waals surface area contributed by atoms with Crippen molar-refractivity contribution in [1.82, 2.24) is 19.8 Å². The van der Waals surface area contributed by atoms with Crippen molar-refractivity contribution in [2.24, 2.45) is 0 Å². The number of hydrogen-bond donors (Lipinski definition) is 2. The van der Waals surface area contributed by atoms with Gasteiger partial charge in [0, 0.05) is 32.4 Å². The molecule has 0 aromatic carbocycles. The summed E-state index contributed by atoms with van der Waals surface area (Å²) in [5.74, 6) is 0. The van der Waals surface area contributed by atoms with E-state index in [0.29, 0.717) is 19.6 Å². The van der Waals surface area contributed by atoms with E-state index < -0.39 is 10.0 Å². The maximum Gasteiger partial charge on any atom is 0.208 e. The van der Waals surface area contributed by atoms with Gasteiger partial charge in [-0.1, -0.05) is 0 Å². The van der Waals surface area contributed by atoms with Gasteiger partial charge in [0.1, 0.15) is 0 Å². The first-order valence-corrected chi connectivity index (χ1v) is 7.08. The second-order valence-corrected chi connectivity index (χ2v) is 5.31. The van der Waals surface area contributed by atoms with Crippen LogP contribution in [-0.4, -0.2) is 37.5 Å². The second-order valence-electron chi connectivity index (χ2n) is 3.48. The number of sulfonamides is 1. The van der Waals surface area contributed by atoms with Crippen LogP contribution in [0.3, 0.4) is 0 Å². The monoisotopic (exact) mass is 246 g/mol. The van der Waals surface area contributed by atoms with Crippen LogP contribution in [-0.2, 0) is 23.1 Å². The molecule has 0 aliphatic carbocycles. The molecule has 0 aliphatic rings. The first kappa shape index (κ1) is 13.1. The smallest absolute Gasteiger partial charge is 0.208 e. The summed E-state index contributed by atoms with van der Waals surface area (Å²) in [5, 5.41) is 7.29. The fraction of sp³-hybridized carbons (Fsp3) is 0.667. The summed E-state index contributed by atoms with van der Waals surface area (Å²) >= 11 is 0. The Morgan fingerprint density at radius 3 is 2.81 bits per heavy atom. The zero-order valence-corrected chi connectivity index (χ0v) is 10.4. The molecule has 0 saturated heterocycles. The highest BCUT2D eigenvalue weighted by Crippen LogP contribution is 1.97. The van der Waals surface area contributed by atoms with Gasteiger partial charge >= 0.3 is 0 Å². The highest BCUT2D eigenvalue weighted by Gasteiger charge is 2.01. The Kier molecular flexibility index (Phi) is 4.91. The van der Waals surface area contributed by atoms with Crippen LogP contribution in [0.25, 0.3) is 0 Å². The maximum absolute atomic E-state index is 10.8. The van der Waals surface area contributed by atoms with Gasteiger partial charge in [-0.3, -0.25) is 4.68 Å². The summed E-state index contributed by atoms with van der Waals surface area (Å²) in [7, 11) is -3.08. The number of aryl methyl sites for hydroxylation is 1. The Morgan fingerprint density at radius 1 is 1.44 bits per heavy atom. The van der Waals surface area contributed by atoms with Crippen molar-refractivity contribution in [2.75, 3.05) is 19.3 Å². The van der Waals surface area contributed by atoms with Crippen LogP contribution in [0, 0.1) is 0 Å². The SMILES string of the molecule is CCn1nccc1CNCCNS(C)(=O)=O. The fourth-order valence-corrected chi connectivity index (χ4v) is 1.81. The lowest BCUT2D eigenvalue weighted by atomic mass is 10.4. The molecular weight excluding hydrogens is 228 g/mol. The van der Waals surface area contributed by atoms with E-state index in [0.717, 1.165) is 18.5 Å². The van der Waals surface area contributed by atoms with E-state index in [1.54, 1.807) is 6.20 Å². The quantitative estimate of drug-likeness (QED) is 0.638. The van der Waals surface area contributed by atoms with E-state index in [9.17, 15) is 8.42 Å². The minimum atomic E-state index is -3.08. The summed E-state index contributed by atoms with van der Waals surface area (Å²) < 4.78 is 25.9. The Morgan fingerprint density at radius 2 is 2.19 bits per heavy atom. The van der Waals surface area contributed by atoms with Crippen LogP contribution in [0.5, 0.6) is 0 Å². The van der Waals surface area contributed by atoms with Crippen LogP contribution in [0.15, 0.2) is 12.3 Å². The number of nitrogens with one attached hydrogen (secondary N) is 2. The minimum absolute atomic E-state index is 0.402. The molecule has 92 valence electrons. The molecule has 2 N–H and O–H groups in total. The highest BCUT2D eigenvalue weighted by atomic mass is 32.2. The summed E-state index contributed by atoms with van der Waals surface area (Å²) in [6.45, 7) is 4.56.